The molecule has 0 N–H and O–H groups in total. The summed E-state index contributed by atoms with van der Waals surface area (Å²) in [6.45, 7) is 24.1. The van der Waals surface area contributed by atoms with E-state index in [-0.39, 0.29) is 26.2 Å². The van der Waals surface area contributed by atoms with Gasteiger partial charge in [-0.25, -0.2) is 0 Å². The molecule has 0 aromatic heterocycles. The molecule has 0 aliphatic heterocycles. The quantitative estimate of drug-likeness (QED) is 0.106. The van der Waals surface area contributed by atoms with Crippen molar-refractivity contribution >= 4 is 0 Å². The van der Waals surface area contributed by atoms with Crippen LogP contribution < -0.4 is 0 Å². The van der Waals surface area contributed by atoms with Gasteiger partial charge in [0, 0.05) is 0 Å². The van der Waals surface area contributed by atoms with Gasteiger partial charge in [-0.05, 0) is 0 Å². The fraction of sp³-hybridized carbons (Fsp3) is 0.875. The van der Waals surface area contributed by atoms with Crippen LogP contribution in [0.1, 0.15) is 182 Å². The summed E-state index contributed by atoms with van der Waals surface area (Å²) in [5.41, 5.74) is 0. The first kappa shape index (κ1) is 43.9. The molecule has 0 bridgehead atoms. The smallest absolute Gasteiger partial charge is 0.343 e. The topological polar surface area (TPSA) is 0 Å². The molecule has 0 rings (SSSR count). The average Bonchev–Trinajstić information content (AvgIpc) is 2.82. The Labute approximate surface area is 234 Å². The second-order valence-electron chi connectivity index (χ2n) is 9.07. The molecule has 0 aromatic rings. The summed E-state index contributed by atoms with van der Waals surface area (Å²) < 4.78 is 0. The van der Waals surface area contributed by atoms with Crippen LogP contribution in [-0.4, -0.2) is 0 Å². The van der Waals surface area contributed by atoms with Gasteiger partial charge in [0.2, 0.25) is 0 Å². The number of unbranched alkanes of at least 4 members (excludes halogenated alkanes) is 20. The predicted octanol–water partition coefficient (Wildman–Crippen LogP) is 12.7. The normalized spacial score (nSPS) is 9.45. The van der Waals surface area contributed by atoms with Gasteiger partial charge in [-0.15, -0.1) is 0 Å². The number of rotatable bonds is 20. The van der Waals surface area contributed by atoms with Gasteiger partial charge >= 0.3 is 26.2 Å². The molecule has 1 heteroatoms. The zero-order valence-corrected chi connectivity index (χ0v) is 26.8. The maximum atomic E-state index is 3.78. The summed E-state index contributed by atoms with van der Waals surface area (Å²) in [5.74, 6) is 0. The zero-order valence-electron chi connectivity index (χ0n) is 24.3. The van der Waals surface area contributed by atoms with Gasteiger partial charge in [0.1, 0.15) is 0 Å². The standard InChI is InChI=1S/4C8H17.Zr/c4*1-3-5-7-8-6-4-2;/h4*1,3-8H2,2H3;/q4*-1;+4. The predicted molar refractivity (Wildman–Crippen MR) is 155 cm³/mol. The summed E-state index contributed by atoms with van der Waals surface area (Å²) in [4.78, 5) is 0. The molecule has 0 saturated heterocycles. The molecule has 0 aliphatic rings. The van der Waals surface area contributed by atoms with Crippen molar-refractivity contribution in [3.8, 4) is 0 Å². The Bertz CT molecular complexity index is 155. The van der Waals surface area contributed by atoms with Gasteiger partial charge in [-0.3, -0.25) is 0 Å². The maximum absolute atomic E-state index is 3.78. The number of hydrogen-bond acceptors (Lipinski definition) is 0. The molecule has 33 heavy (non-hydrogen) atoms. The van der Waals surface area contributed by atoms with E-state index in [4.69, 9.17) is 0 Å². The molecule has 0 saturated carbocycles. The molecule has 0 aliphatic carbocycles. The first-order chi connectivity index (χ1) is 15.7. The third-order valence-corrected chi connectivity index (χ3v) is 5.41. The molecular weight excluding hydrogens is 476 g/mol. The monoisotopic (exact) mass is 542 g/mol. The van der Waals surface area contributed by atoms with E-state index in [9.17, 15) is 0 Å². The summed E-state index contributed by atoms with van der Waals surface area (Å²) in [6.07, 6.45) is 31.9. The zero-order chi connectivity index (χ0) is 25.0. The molecule has 0 atom stereocenters. The van der Waals surface area contributed by atoms with Gasteiger partial charge in [-0.1, -0.05) is 156 Å². The molecule has 0 heterocycles. The summed E-state index contributed by atoms with van der Waals surface area (Å²) in [5, 5.41) is 0. The first-order valence-corrected chi connectivity index (χ1v) is 14.8. The van der Waals surface area contributed by atoms with E-state index < -0.39 is 0 Å². The van der Waals surface area contributed by atoms with Crippen LogP contribution in [0.5, 0.6) is 0 Å². The molecule has 0 fully saturated rings. The van der Waals surface area contributed by atoms with Crippen molar-refractivity contribution in [3.63, 3.8) is 0 Å². The Morgan fingerprint density at radius 2 is 0.424 bits per heavy atom. The minimum absolute atomic E-state index is 0. The van der Waals surface area contributed by atoms with Crippen LogP contribution >= 0.6 is 0 Å². The molecule has 0 unspecified atom stereocenters. The second-order valence-corrected chi connectivity index (χ2v) is 9.07. The second kappa shape index (κ2) is 54.0. The minimum Gasteiger partial charge on any atom is -0.343 e. The molecular formula is C32H68Zr. The van der Waals surface area contributed by atoms with Crippen LogP contribution in [0.15, 0.2) is 0 Å². The SMILES string of the molecule is [CH2-]CCCCCCC.[CH2-]CCCCCCC.[CH2-]CCCCCCC.[CH2-]CCCCCCC.[Zr+4]. The van der Waals surface area contributed by atoms with Gasteiger partial charge in [0.05, 0.1) is 0 Å². The fourth-order valence-electron chi connectivity index (χ4n) is 3.12. The van der Waals surface area contributed by atoms with Crippen molar-refractivity contribution in [1.82, 2.24) is 0 Å². The van der Waals surface area contributed by atoms with E-state index in [0.29, 0.717) is 0 Å². The Morgan fingerprint density at radius 1 is 0.273 bits per heavy atom. The Balaban J connectivity index is -0.000000105. The molecule has 0 radical (unpaired) electrons. The van der Waals surface area contributed by atoms with E-state index in [1.54, 1.807) is 0 Å². The van der Waals surface area contributed by atoms with Crippen molar-refractivity contribution in [2.24, 2.45) is 0 Å². The van der Waals surface area contributed by atoms with E-state index >= 15 is 0 Å². The molecule has 0 amide bonds. The third kappa shape index (κ3) is 71.9. The molecule has 200 valence electrons. The molecule has 0 spiro atoms. The van der Waals surface area contributed by atoms with Crippen LogP contribution in [0.2, 0.25) is 0 Å². The van der Waals surface area contributed by atoms with Crippen LogP contribution in [0.3, 0.4) is 0 Å². The van der Waals surface area contributed by atoms with Crippen molar-refractivity contribution in [2.45, 2.75) is 182 Å². The number of hydrogen-bond donors (Lipinski definition) is 0. The third-order valence-electron chi connectivity index (χ3n) is 5.41. The first-order valence-electron chi connectivity index (χ1n) is 14.8. The van der Waals surface area contributed by atoms with Crippen LogP contribution in [-0.2, 0) is 26.2 Å². The summed E-state index contributed by atoms with van der Waals surface area (Å²) >= 11 is 0. The molecule has 0 nitrogen and oxygen atoms in total. The summed E-state index contributed by atoms with van der Waals surface area (Å²) in [7, 11) is 0. The van der Waals surface area contributed by atoms with Crippen LogP contribution in [0.4, 0.5) is 0 Å². The van der Waals surface area contributed by atoms with Crippen LogP contribution in [0, 0.1) is 27.7 Å². The summed E-state index contributed by atoms with van der Waals surface area (Å²) in [6, 6.07) is 0. The van der Waals surface area contributed by atoms with Crippen molar-refractivity contribution in [1.29, 1.82) is 0 Å². The van der Waals surface area contributed by atoms with Crippen molar-refractivity contribution in [2.75, 3.05) is 0 Å². The van der Waals surface area contributed by atoms with Gasteiger partial charge < -0.3 is 27.7 Å². The van der Waals surface area contributed by atoms with E-state index in [0.717, 1.165) is 25.7 Å². The van der Waals surface area contributed by atoms with Gasteiger partial charge in [-0.2, -0.15) is 25.7 Å². The largest absolute Gasteiger partial charge is 4.00 e. The average molecular weight is 544 g/mol. The Hall–Kier alpha value is 0.883. The van der Waals surface area contributed by atoms with E-state index in [2.05, 4.69) is 55.4 Å². The van der Waals surface area contributed by atoms with E-state index in [1.807, 2.05) is 0 Å². The minimum atomic E-state index is 0. The van der Waals surface area contributed by atoms with Gasteiger partial charge in [0.25, 0.3) is 0 Å². The Morgan fingerprint density at radius 3 is 0.545 bits per heavy atom. The van der Waals surface area contributed by atoms with Gasteiger partial charge in [0.15, 0.2) is 0 Å². The van der Waals surface area contributed by atoms with E-state index in [1.165, 1.54) is 128 Å². The maximum Gasteiger partial charge on any atom is 4.00 e. The van der Waals surface area contributed by atoms with Crippen molar-refractivity contribution in [3.05, 3.63) is 27.7 Å². The Kier molecular flexibility index (Phi) is 71.8. The fourth-order valence-corrected chi connectivity index (χ4v) is 3.12. The molecule has 0 aromatic carbocycles. The van der Waals surface area contributed by atoms with Crippen molar-refractivity contribution < 1.29 is 26.2 Å². The van der Waals surface area contributed by atoms with Crippen LogP contribution in [0.25, 0.3) is 0 Å².